The Hall–Kier alpha value is -3.39. The molecule has 0 saturated heterocycles. The predicted octanol–water partition coefficient (Wildman–Crippen LogP) is 5.40. The van der Waals surface area contributed by atoms with Crippen LogP contribution in [-0.4, -0.2) is 58.8 Å². The van der Waals surface area contributed by atoms with Crippen molar-refractivity contribution in [1.82, 2.24) is 14.8 Å². The largest absolute Gasteiger partial charge is 0.333 e. The van der Waals surface area contributed by atoms with Crippen molar-refractivity contribution in [3.05, 3.63) is 71.4 Å². The Morgan fingerprint density at radius 1 is 0.946 bits per heavy atom. The standard InChI is InChI=1S/C29H34F2N4O2/c1-4-28(36)35-16-8-14-33(20(2)3)13-7-15-34(19-22-17-23(30)24(31)18-27(22)35)29(37)26-12-11-21-9-5-6-10-25(21)32-26/h5-6,9-12,17-18,20H,4,7-8,13-16,19H2,1-3H3. The molecule has 0 fully saturated rings. The highest BCUT2D eigenvalue weighted by Gasteiger charge is 2.25. The Balaban J connectivity index is 1.76. The van der Waals surface area contributed by atoms with Gasteiger partial charge in [0.05, 0.1) is 11.2 Å². The lowest BCUT2D eigenvalue weighted by Crippen LogP contribution is -2.40. The minimum absolute atomic E-state index is 0.0368. The molecule has 2 aromatic carbocycles. The number of fused-ring (bicyclic) bond motifs is 2. The SMILES string of the molecule is CCC(=O)N1CCCN(C(C)C)CCCN(C(=O)c2ccc3ccccc3n2)Cc2cc(F)c(F)cc21. The number of para-hydroxylation sites is 1. The number of halogens is 2. The van der Waals surface area contributed by atoms with E-state index in [1.54, 1.807) is 17.9 Å². The van der Waals surface area contributed by atoms with Crippen LogP contribution in [0.25, 0.3) is 10.9 Å². The van der Waals surface area contributed by atoms with Gasteiger partial charge in [-0.3, -0.25) is 9.59 Å². The lowest BCUT2D eigenvalue weighted by atomic mass is 10.1. The third kappa shape index (κ3) is 6.13. The van der Waals surface area contributed by atoms with Crippen molar-refractivity contribution in [2.24, 2.45) is 0 Å². The first kappa shape index (κ1) is 26.7. The van der Waals surface area contributed by atoms with Crippen molar-refractivity contribution < 1.29 is 18.4 Å². The molecule has 0 spiro atoms. The van der Waals surface area contributed by atoms with Crippen LogP contribution < -0.4 is 4.90 Å². The Morgan fingerprint density at radius 2 is 1.65 bits per heavy atom. The van der Waals surface area contributed by atoms with Gasteiger partial charge in [0.1, 0.15) is 5.69 Å². The molecule has 0 radical (unpaired) electrons. The Labute approximate surface area is 216 Å². The van der Waals surface area contributed by atoms with Crippen LogP contribution in [0.5, 0.6) is 0 Å². The quantitative estimate of drug-likeness (QED) is 0.475. The number of carbonyl (C=O) groups excluding carboxylic acids is 2. The molecule has 2 heterocycles. The second kappa shape index (κ2) is 11.8. The van der Waals surface area contributed by atoms with Gasteiger partial charge in [0, 0.05) is 56.6 Å². The van der Waals surface area contributed by atoms with Crippen LogP contribution in [0.4, 0.5) is 14.5 Å². The van der Waals surface area contributed by atoms with E-state index in [9.17, 15) is 18.4 Å². The summed E-state index contributed by atoms with van der Waals surface area (Å²) in [7, 11) is 0. The summed E-state index contributed by atoms with van der Waals surface area (Å²) in [6, 6.07) is 13.6. The molecule has 0 atom stereocenters. The maximum Gasteiger partial charge on any atom is 0.272 e. The van der Waals surface area contributed by atoms with Crippen LogP contribution in [0, 0.1) is 11.6 Å². The first-order chi connectivity index (χ1) is 17.8. The molecule has 0 saturated carbocycles. The second-order valence-corrected chi connectivity index (χ2v) is 9.75. The first-order valence-electron chi connectivity index (χ1n) is 13.0. The summed E-state index contributed by atoms with van der Waals surface area (Å²) in [5, 5.41) is 0.928. The molecule has 1 aromatic heterocycles. The molecular formula is C29H34F2N4O2. The van der Waals surface area contributed by atoms with Crippen LogP contribution in [-0.2, 0) is 11.3 Å². The van der Waals surface area contributed by atoms with Crippen molar-refractivity contribution in [3.63, 3.8) is 0 Å². The fourth-order valence-corrected chi connectivity index (χ4v) is 4.86. The number of carbonyl (C=O) groups is 2. The second-order valence-electron chi connectivity index (χ2n) is 9.75. The number of pyridine rings is 1. The topological polar surface area (TPSA) is 56.8 Å². The molecule has 0 aliphatic carbocycles. The van der Waals surface area contributed by atoms with Gasteiger partial charge < -0.3 is 14.7 Å². The third-order valence-corrected chi connectivity index (χ3v) is 6.91. The third-order valence-electron chi connectivity index (χ3n) is 6.91. The molecule has 0 bridgehead atoms. The van der Waals surface area contributed by atoms with Crippen molar-refractivity contribution >= 4 is 28.4 Å². The maximum absolute atomic E-state index is 14.4. The lowest BCUT2D eigenvalue weighted by Gasteiger charge is -2.33. The monoisotopic (exact) mass is 508 g/mol. The van der Waals surface area contributed by atoms with Gasteiger partial charge in [0.15, 0.2) is 11.6 Å². The van der Waals surface area contributed by atoms with Crippen molar-refractivity contribution in [2.75, 3.05) is 31.1 Å². The lowest BCUT2D eigenvalue weighted by molar-refractivity contribution is -0.118. The summed E-state index contributed by atoms with van der Waals surface area (Å²) in [4.78, 5) is 36.7. The maximum atomic E-state index is 14.4. The molecule has 37 heavy (non-hydrogen) atoms. The molecule has 1 aliphatic rings. The first-order valence-corrected chi connectivity index (χ1v) is 13.0. The van der Waals surface area contributed by atoms with Gasteiger partial charge in [0.25, 0.3) is 5.91 Å². The molecule has 8 heteroatoms. The van der Waals surface area contributed by atoms with Crippen LogP contribution in [0.3, 0.4) is 0 Å². The fourth-order valence-electron chi connectivity index (χ4n) is 4.86. The van der Waals surface area contributed by atoms with E-state index in [0.717, 1.165) is 30.6 Å². The summed E-state index contributed by atoms with van der Waals surface area (Å²) in [5.41, 5.74) is 1.71. The van der Waals surface area contributed by atoms with Gasteiger partial charge in [-0.1, -0.05) is 31.2 Å². The van der Waals surface area contributed by atoms with Crippen LogP contribution in [0.2, 0.25) is 0 Å². The normalized spacial score (nSPS) is 15.8. The molecule has 1 aliphatic heterocycles. The molecule has 2 amide bonds. The minimum Gasteiger partial charge on any atom is -0.333 e. The van der Waals surface area contributed by atoms with Crippen LogP contribution in [0.1, 0.15) is 56.1 Å². The molecule has 0 unspecified atom stereocenters. The Bertz CT molecular complexity index is 1280. The Morgan fingerprint density at radius 3 is 2.38 bits per heavy atom. The number of hydrogen-bond acceptors (Lipinski definition) is 4. The summed E-state index contributed by atoms with van der Waals surface area (Å²) in [5.74, 6) is -2.48. The van der Waals surface area contributed by atoms with Gasteiger partial charge in [0.2, 0.25) is 5.91 Å². The van der Waals surface area contributed by atoms with Crippen molar-refractivity contribution in [2.45, 2.75) is 52.6 Å². The number of amides is 2. The zero-order valence-corrected chi connectivity index (χ0v) is 21.7. The predicted molar refractivity (Wildman–Crippen MR) is 141 cm³/mol. The average molecular weight is 509 g/mol. The van der Waals surface area contributed by atoms with Crippen molar-refractivity contribution in [1.29, 1.82) is 0 Å². The fraction of sp³-hybridized carbons (Fsp3) is 0.414. The van der Waals surface area contributed by atoms with Crippen LogP contribution in [0.15, 0.2) is 48.5 Å². The number of hydrogen-bond donors (Lipinski definition) is 0. The van der Waals surface area contributed by atoms with Gasteiger partial charge in [-0.25, -0.2) is 13.8 Å². The summed E-state index contributed by atoms with van der Waals surface area (Å²) >= 11 is 0. The van der Waals surface area contributed by atoms with E-state index in [4.69, 9.17) is 0 Å². The molecule has 0 N–H and O–H groups in total. The van der Waals surface area contributed by atoms with Gasteiger partial charge in [-0.2, -0.15) is 0 Å². The van der Waals surface area contributed by atoms with Gasteiger partial charge in [-0.05, 0) is 50.5 Å². The zero-order valence-electron chi connectivity index (χ0n) is 21.7. The molecule has 6 nitrogen and oxygen atoms in total. The average Bonchev–Trinajstić information content (AvgIpc) is 2.89. The van der Waals surface area contributed by atoms with E-state index in [-0.39, 0.29) is 30.5 Å². The zero-order chi connectivity index (χ0) is 26.5. The number of anilines is 1. The Kier molecular flexibility index (Phi) is 8.48. The van der Waals surface area contributed by atoms with E-state index in [1.807, 2.05) is 30.3 Å². The van der Waals surface area contributed by atoms with Gasteiger partial charge in [-0.15, -0.1) is 0 Å². The number of nitrogens with zero attached hydrogens (tertiary/aromatic N) is 4. The molecule has 4 rings (SSSR count). The smallest absolute Gasteiger partial charge is 0.272 e. The number of rotatable bonds is 3. The van der Waals surface area contributed by atoms with Crippen LogP contribution >= 0.6 is 0 Å². The minimum atomic E-state index is -1.02. The van der Waals surface area contributed by atoms with E-state index in [0.29, 0.717) is 48.7 Å². The summed E-state index contributed by atoms with van der Waals surface area (Å²) in [6.07, 6.45) is 1.65. The van der Waals surface area contributed by atoms with Gasteiger partial charge >= 0.3 is 0 Å². The van der Waals surface area contributed by atoms with E-state index in [1.165, 1.54) is 4.90 Å². The highest BCUT2D eigenvalue weighted by molar-refractivity contribution is 5.96. The summed E-state index contributed by atoms with van der Waals surface area (Å²) in [6.45, 7) is 8.36. The highest BCUT2D eigenvalue weighted by atomic mass is 19.2. The molecule has 196 valence electrons. The van der Waals surface area contributed by atoms with Crippen molar-refractivity contribution in [3.8, 4) is 0 Å². The summed E-state index contributed by atoms with van der Waals surface area (Å²) < 4.78 is 28.9. The number of aromatic nitrogens is 1. The highest BCUT2D eigenvalue weighted by Crippen LogP contribution is 2.28. The van der Waals surface area contributed by atoms with E-state index < -0.39 is 11.6 Å². The van der Waals surface area contributed by atoms with E-state index >= 15 is 0 Å². The molecule has 3 aromatic rings. The number of benzene rings is 2. The molecular weight excluding hydrogens is 474 g/mol. The van der Waals surface area contributed by atoms with E-state index in [2.05, 4.69) is 23.7 Å².